The van der Waals surface area contributed by atoms with Crippen LogP contribution in [0.25, 0.3) is 0 Å². The molecule has 0 unspecified atom stereocenters. The zero-order chi connectivity index (χ0) is 14.3. The fourth-order valence-electron chi connectivity index (χ4n) is 1.36. The number of carboxylic acids is 1. The Morgan fingerprint density at radius 1 is 1.26 bits per heavy atom. The van der Waals surface area contributed by atoms with E-state index < -0.39 is 17.8 Å². The maximum atomic E-state index is 11.7. The smallest absolute Gasteiger partial charge is 0.303 e. The predicted octanol–water partition coefficient (Wildman–Crippen LogP) is 1.33. The highest BCUT2D eigenvalue weighted by molar-refractivity contribution is 7.10. The van der Waals surface area contributed by atoms with E-state index in [0.717, 1.165) is 17.7 Å². The zero-order valence-corrected chi connectivity index (χ0v) is 11.4. The van der Waals surface area contributed by atoms with E-state index in [1.54, 1.807) is 11.4 Å². The monoisotopic (exact) mass is 284 g/mol. The molecule has 0 fully saturated rings. The molecule has 1 aromatic rings. The van der Waals surface area contributed by atoms with Gasteiger partial charge in [-0.15, -0.1) is 11.3 Å². The molecule has 0 spiro atoms. The van der Waals surface area contributed by atoms with Crippen molar-refractivity contribution in [1.82, 2.24) is 10.9 Å². The zero-order valence-electron chi connectivity index (χ0n) is 10.6. The van der Waals surface area contributed by atoms with Crippen LogP contribution < -0.4 is 10.9 Å². The minimum atomic E-state index is -1.05. The van der Waals surface area contributed by atoms with Crippen LogP contribution in [-0.4, -0.2) is 22.9 Å². The highest BCUT2D eigenvalue weighted by atomic mass is 32.1. The van der Waals surface area contributed by atoms with Crippen molar-refractivity contribution in [2.45, 2.75) is 32.6 Å². The Morgan fingerprint density at radius 3 is 2.63 bits per heavy atom. The number of carbonyl (C=O) groups is 3. The molecule has 1 heterocycles. The summed E-state index contributed by atoms with van der Waals surface area (Å²) in [6, 6.07) is 1.78. The van der Waals surface area contributed by atoms with Gasteiger partial charge in [0.15, 0.2) is 0 Å². The molecule has 0 saturated carbocycles. The minimum absolute atomic E-state index is 0.166. The normalized spacial score (nSPS) is 9.95. The first-order valence-corrected chi connectivity index (χ1v) is 6.79. The summed E-state index contributed by atoms with van der Waals surface area (Å²) in [5, 5.41) is 10.1. The lowest BCUT2D eigenvalue weighted by atomic mass is 10.2. The molecular formula is C12H16N2O4S. The molecule has 1 aromatic heterocycles. The van der Waals surface area contributed by atoms with E-state index >= 15 is 0 Å². The summed E-state index contributed by atoms with van der Waals surface area (Å²) in [5.74, 6) is -1.98. The van der Waals surface area contributed by atoms with Crippen molar-refractivity contribution in [3.05, 3.63) is 21.9 Å². The number of nitrogens with one attached hydrogen (secondary N) is 2. The lowest BCUT2D eigenvalue weighted by molar-refractivity contribution is -0.138. The van der Waals surface area contributed by atoms with Gasteiger partial charge in [0, 0.05) is 16.7 Å². The highest BCUT2D eigenvalue weighted by Crippen LogP contribution is 2.16. The van der Waals surface area contributed by atoms with E-state index in [1.807, 2.05) is 0 Å². The Balaban J connectivity index is 2.37. The number of carboxylic acid groups (broad SMARTS) is 1. The fraction of sp³-hybridized carbons (Fsp3) is 0.417. The van der Waals surface area contributed by atoms with E-state index in [4.69, 9.17) is 5.11 Å². The summed E-state index contributed by atoms with van der Waals surface area (Å²) >= 11 is 1.50. The third-order valence-corrected chi connectivity index (χ3v) is 3.29. The number of hydrogen-bond acceptors (Lipinski definition) is 4. The van der Waals surface area contributed by atoms with Crippen LogP contribution in [0.1, 0.15) is 41.4 Å². The Morgan fingerprint density at radius 2 is 2.00 bits per heavy atom. The number of aliphatic carboxylic acids is 1. The Kier molecular flexibility index (Phi) is 6.01. The lowest BCUT2D eigenvalue weighted by Gasteiger charge is -2.05. The van der Waals surface area contributed by atoms with E-state index in [0.29, 0.717) is 5.56 Å². The van der Waals surface area contributed by atoms with E-state index in [9.17, 15) is 14.4 Å². The first kappa shape index (κ1) is 15.2. The number of amides is 2. The highest BCUT2D eigenvalue weighted by Gasteiger charge is 2.10. The number of aryl methyl sites for hydroxylation is 1. The van der Waals surface area contributed by atoms with E-state index in [2.05, 4.69) is 17.8 Å². The summed E-state index contributed by atoms with van der Waals surface area (Å²) < 4.78 is 0. The number of carbonyl (C=O) groups excluding carboxylic acids is 2. The summed E-state index contributed by atoms with van der Waals surface area (Å²) in [6.07, 6.45) is 1.50. The van der Waals surface area contributed by atoms with Gasteiger partial charge in [0.1, 0.15) is 0 Å². The van der Waals surface area contributed by atoms with E-state index in [-0.39, 0.29) is 12.8 Å². The van der Waals surface area contributed by atoms with Gasteiger partial charge in [0.05, 0.1) is 12.0 Å². The minimum Gasteiger partial charge on any atom is -0.481 e. The van der Waals surface area contributed by atoms with Gasteiger partial charge < -0.3 is 5.11 Å². The van der Waals surface area contributed by atoms with Gasteiger partial charge >= 0.3 is 5.97 Å². The second kappa shape index (κ2) is 7.52. The second-order valence-electron chi connectivity index (χ2n) is 3.95. The molecule has 2 amide bonds. The van der Waals surface area contributed by atoms with Gasteiger partial charge in [0.2, 0.25) is 5.91 Å². The molecule has 0 aromatic carbocycles. The predicted molar refractivity (Wildman–Crippen MR) is 70.8 cm³/mol. The molecule has 0 bridgehead atoms. The summed E-state index contributed by atoms with van der Waals surface area (Å²) in [7, 11) is 0. The number of thiophene rings is 1. The van der Waals surface area contributed by atoms with Crippen LogP contribution in [-0.2, 0) is 16.0 Å². The summed E-state index contributed by atoms with van der Waals surface area (Å²) in [5.41, 5.74) is 4.93. The van der Waals surface area contributed by atoms with Gasteiger partial charge in [-0.25, -0.2) is 0 Å². The third kappa shape index (κ3) is 5.52. The van der Waals surface area contributed by atoms with Crippen LogP contribution in [0.15, 0.2) is 11.4 Å². The van der Waals surface area contributed by atoms with Gasteiger partial charge in [-0.3, -0.25) is 25.2 Å². The first-order valence-electron chi connectivity index (χ1n) is 5.91. The van der Waals surface area contributed by atoms with Crippen molar-refractivity contribution >= 4 is 29.1 Å². The Hall–Kier alpha value is -1.89. The van der Waals surface area contributed by atoms with Crippen molar-refractivity contribution in [2.75, 3.05) is 0 Å². The first-order chi connectivity index (χ1) is 9.02. The largest absolute Gasteiger partial charge is 0.481 e. The molecule has 0 saturated heterocycles. The Bertz CT molecular complexity index is 470. The second-order valence-corrected chi connectivity index (χ2v) is 4.94. The average molecular weight is 284 g/mol. The van der Waals surface area contributed by atoms with Crippen molar-refractivity contribution in [2.24, 2.45) is 0 Å². The molecule has 0 atom stereocenters. The molecule has 0 aliphatic carbocycles. The molecule has 0 radical (unpaired) electrons. The van der Waals surface area contributed by atoms with Crippen LogP contribution in [0.3, 0.4) is 0 Å². The molecule has 0 aliphatic heterocycles. The summed E-state index contributed by atoms with van der Waals surface area (Å²) in [4.78, 5) is 34.3. The quantitative estimate of drug-likeness (QED) is 0.687. The van der Waals surface area contributed by atoms with Crippen LogP contribution >= 0.6 is 11.3 Å². The van der Waals surface area contributed by atoms with Gasteiger partial charge in [0.25, 0.3) is 5.91 Å². The Labute approximate surface area is 114 Å². The third-order valence-electron chi connectivity index (χ3n) is 2.29. The molecule has 19 heavy (non-hydrogen) atoms. The number of hydrogen-bond donors (Lipinski definition) is 3. The van der Waals surface area contributed by atoms with Crippen molar-refractivity contribution in [1.29, 1.82) is 0 Å². The fourth-order valence-corrected chi connectivity index (χ4v) is 2.33. The molecule has 104 valence electrons. The van der Waals surface area contributed by atoms with E-state index in [1.165, 1.54) is 11.3 Å². The lowest BCUT2D eigenvalue weighted by Crippen LogP contribution is -2.41. The van der Waals surface area contributed by atoms with Crippen LogP contribution in [0.2, 0.25) is 0 Å². The number of rotatable bonds is 6. The molecule has 1 rings (SSSR count). The van der Waals surface area contributed by atoms with Crippen molar-refractivity contribution < 1.29 is 19.5 Å². The van der Waals surface area contributed by atoms with Crippen LogP contribution in [0.5, 0.6) is 0 Å². The molecule has 7 heteroatoms. The molecule has 0 aliphatic rings. The molecule has 6 nitrogen and oxygen atoms in total. The summed E-state index contributed by atoms with van der Waals surface area (Å²) in [6.45, 7) is 2.06. The van der Waals surface area contributed by atoms with Crippen molar-refractivity contribution in [3.63, 3.8) is 0 Å². The molecule has 3 N–H and O–H groups in total. The maximum absolute atomic E-state index is 11.7. The SMILES string of the molecule is CCCc1cc(C(=O)NNC(=O)CCC(=O)O)cs1. The van der Waals surface area contributed by atoms with Gasteiger partial charge in [-0.05, 0) is 12.5 Å². The van der Waals surface area contributed by atoms with Crippen molar-refractivity contribution in [3.8, 4) is 0 Å². The standard InChI is InChI=1S/C12H16N2O4S/c1-2-3-9-6-8(7-19-9)12(18)14-13-10(15)4-5-11(16)17/h6-7H,2-5H2,1H3,(H,13,15)(H,14,18)(H,16,17). The van der Waals surface area contributed by atoms with Gasteiger partial charge in [-0.1, -0.05) is 13.3 Å². The van der Waals surface area contributed by atoms with Crippen LogP contribution in [0.4, 0.5) is 0 Å². The topological polar surface area (TPSA) is 95.5 Å². The van der Waals surface area contributed by atoms with Gasteiger partial charge in [-0.2, -0.15) is 0 Å². The van der Waals surface area contributed by atoms with Crippen LogP contribution in [0, 0.1) is 0 Å². The number of hydrazine groups is 1. The molecular weight excluding hydrogens is 268 g/mol. The average Bonchev–Trinajstić information content (AvgIpc) is 2.82. The maximum Gasteiger partial charge on any atom is 0.303 e.